The van der Waals surface area contributed by atoms with Crippen molar-refractivity contribution in [1.82, 2.24) is 4.90 Å². The second-order valence-electron chi connectivity index (χ2n) is 20.1. The molecule has 0 bridgehead atoms. The second kappa shape index (κ2) is 21.6. The number of oxime groups is 1. The highest BCUT2D eigenvalue weighted by atomic mass is 16.7. The summed E-state index contributed by atoms with van der Waals surface area (Å²) in [5, 5.41) is 54.5. The van der Waals surface area contributed by atoms with Gasteiger partial charge >= 0.3 is 0 Å². The molecule has 1 saturated carbocycles. The lowest BCUT2D eigenvalue weighted by molar-refractivity contribution is -0.318. The molecule has 362 valence electrons. The third kappa shape index (κ3) is 11.2. The summed E-state index contributed by atoms with van der Waals surface area (Å²) < 4.78 is 39.1. The number of carbonyl (C=O) groups is 1. The highest BCUT2D eigenvalue weighted by Gasteiger charge is 2.53. The first-order chi connectivity index (χ1) is 30.0. The van der Waals surface area contributed by atoms with E-state index in [2.05, 4.69) is 0 Å². The molecule has 14 heteroatoms. The van der Waals surface area contributed by atoms with Crippen LogP contribution in [0.5, 0.6) is 0 Å². The molecule has 2 aromatic rings. The minimum Gasteiger partial charge on any atom is -0.391 e. The van der Waals surface area contributed by atoms with Gasteiger partial charge in [0, 0.05) is 56.8 Å². The summed E-state index contributed by atoms with van der Waals surface area (Å²) >= 11 is 0. The Bertz CT molecular complexity index is 1860. The van der Waals surface area contributed by atoms with Crippen molar-refractivity contribution in [2.24, 2.45) is 34.7 Å². The van der Waals surface area contributed by atoms with Crippen molar-refractivity contribution in [2.75, 3.05) is 28.3 Å². The molecule has 0 unspecified atom stereocenters. The Morgan fingerprint density at radius 1 is 0.844 bits per heavy atom. The van der Waals surface area contributed by atoms with Gasteiger partial charge in [-0.25, -0.2) is 0 Å². The lowest BCUT2D eigenvalue weighted by Crippen LogP contribution is -2.61. The van der Waals surface area contributed by atoms with Crippen molar-refractivity contribution in [1.29, 1.82) is 0 Å². The standard InChI is InChI=1S/C50H80N2O12/c1-15-36-24-39(53)30(4)43(63-40-26-48(8,58-13)45(56)33(7)62-40)32(6)46(64-47-42(54)38(52(11)12)23-29(3)61-47)49(9,59-14)25-28(2)41(31(5)44(55)50(36,10)57)51-60-27-35-21-18-20-34-19-16-17-22-37(34)35/h16-22,28-33,36,38,40,42-47,54-57H,15,23-27H2,1-14H3/b51-41+/t28-,29-,30+,31+,32+,33+,36+,38+,40+,42-,43-,44-,45+,46-,47+,48-,49-,50-/m1/s1. The van der Waals surface area contributed by atoms with Crippen LogP contribution in [-0.4, -0.2) is 143 Å². The molecule has 5 rings (SSSR count). The van der Waals surface area contributed by atoms with Crippen LogP contribution in [0.15, 0.2) is 47.6 Å². The van der Waals surface area contributed by atoms with Crippen molar-refractivity contribution >= 4 is 22.3 Å². The third-order valence-corrected chi connectivity index (χ3v) is 15.2. The van der Waals surface area contributed by atoms with Crippen LogP contribution in [-0.2, 0) is 44.7 Å². The molecule has 2 aromatic carbocycles. The Morgan fingerprint density at radius 3 is 2.14 bits per heavy atom. The number of hydrogen-bond acceptors (Lipinski definition) is 14. The molecule has 0 amide bonds. The minimum absolute atomic E-state index is 0.0589. The van der Waals surface area contributed by atoms with E-state index in [1.165, 1.54) is 0 Å². The number of hydrogen-bond donors (Lipinski definition) is 4. The summed E-state index contributed by atoms with van der Waals surface area (Å²) in [7, 11) is 6.98. The average molecular weight is 901 g/mol. The number of likely N-dealkylation sites (N-methyl/N-ethyl adjacent to an activating group) is 1. The SMILES string of the molecule is CC[C@H]1CC(=O)[C@H](C)[C@@H](O[C@H]2C[C@@](C)(OC)[C@@H](O)[C@H](C)O2)[C@H](C)[C@@H](O[C@@H]2O[C@H](C)C[C@H](N(C)C)[C@H]2O)[C@](C)(OC)C[C@@H](C)/C(=N\OCc2cccc3ccccc23)[C@H](C)[C@@H](O)[C@]1(C)O. The Hall–Kier alpha value is -2.60. The summed E-state index contributed by atoms with van der Waals surface area (Å²) in [4.78, 5) is 23.0. The summed E-state index contributed by atoms with van der Waals surface area (Å²) in [5.41, 5.74) is -2.46. The van der Waals surface area contributed by atoms with Crippen LogP contribution in [0.25, 0.3) is 10.8 Å². The molecule has 2 heterocycles. The van der Waals surface area contributed by atoms with Gasteiger partial charge in [-0.3, -0.25) is 4.79 Å². The molecule has 4 N–H and O–H groups in total. The van der Waals surface area contributed by atoms with Crippen LogP contribution in [0, 0.1) is 29.6 Å². The first-order valence-electron chi connectivity index (χ1n) is 23.4. The number of nitrogens with zero attached hydrogens (tertiary/aromatic N) is 2. The van der Waals surface area contributed by atoms with Gasteiger partial charge in [0.2, 0.25) is 0 Å². The van der Waals surface area contributed by atoms with E-state index in [0.29, 0.717) is 18.6 Å². The van der Waals surface area contributed by atoms with Gasteiger partial charge in [-0.1, -0.05) is 88.7 Å². The maximum Gasteiger partial charge on any atom is 0.185 e. The largest absolute Gasteiger partial charge is 0.391 e. The molecule has 14 nitrogen and oxygen atoms in total. The monoisotopic (exact) mass is 901 g/mol. The van der Waals surface area contributed by atoms with Crippen LogP contribution in [0.4, 0.5) is 0 Å². The molecular weight excluding hydrogens is 821 g/mol. The number of ether oxygens (including phenoxy) is 6. The highest BCUT2D eigenvalue weighted by Crippen LogP contribution is 2.43. The maximum atomic E-state index is 14.8. The zero-order valence-corrected chi connectivity index (χ0v) is 40.9. The topological polar surface area (TPSA) is 178 Å². The van der Waals surface area contributed by atoms with Crippen molar-refractivity contribution in [3.8, 4) is 0 Å². The van der Waals surface area contributed by atoms with Crippen molar-refractivity contribution in [3.05, 3.63) is 48.0 Å². The first-order valence-corrected chi connectivity index (χ1v) is 23.4. The fourth-order valence-corrected chi connectivity index (χ4v) is 10.8. The molecule has 2 saturated heterocycles. The molecule has 1 aliphatic carbocycles. The number of Topliss-reactive ketones (excluding diaryl/α,β-unsaturated/α-hetero) is 1. The smallest absolute Gasteiger partial charge is 0.185 e. The number of aliphatic hydroxyl groups excluding tert-OH is 3. The molecule has 0 radical (unpaired) electrons. The van der Waals surface area contributed by atoms with Gasteiger partial charge in [0.05, 0.1) is 53.0 Å². The van der Waals surface area contributed by atoms with Crippen LogP contribution < -0.4 is 0 Å². The molecule has 3 fully saturated rings. The van der Waals surface area contributed by atoms with Gasteiger partial charge in [0.25, 0.3) is 0 Å². The third-order valence-electron chi connectivity index (χ3n) is 15.2. The van der Waals surface area contributed by atoms with Crippen molar-refractivity contribution in [3.63, 3.8) is 0 Å². The molecule has 2 aliphatic heterocycles. The molecule has 0 spiro atoms. The zero-order chi connectivity index (χ0) is 47.5. The van der Waals surface area contributed by atoms with Gasteiger partial charge in [0.1, 0.15) is 24.6 Å². The van der Waals surface area contributed by atoms with E-state index in [4.69, 9.17) is 38.4 Å². The number of ketones is 1. The van der Waals surface area contributed by atoms with Crippen molar-refractivity contribution in [2.45, 2.75) is 186 Å². The van der Waals surface area contributed by atoms with E-state index in [-0.39, 0.29) is 43.8 Å². The van der Waals surface area contributed by atoms with Crippen molar-refractivity contribution < 1.29 is 58.5 Å². The predicted molar refractivity (Wildman–Crippen MR) is 245 cm³/mol. The minimum atomic E-state index is -1.71. The zero-order valence-electron chi connectivity index (χ0n) is 40.9. The van der Waals surface area contributed by atoms with Gasteiger partial charge in [-0.2, -0.15) is 0 Å². The summed E-state index contributed by atoms with van der Waals surface area (Å²) in [6, 6.07) is 13.8. The number of methoxy groups -OCH3 is 2. The van der Waals surface area contributed by atoms with E-state index < -0.39 is 95.6 Å². The number of fused-ring (bicyclic) bond motifs is 1. The number of aliphatic hydroxyl groups is 4. The lowest BCUT2D eigenvalue weighted by atomic mass is 9.69. The Labute approximate surface area is 381 Å². The van der Waals surface area contributed by atoms with E-state index >= 15 is 0 Å². The molecular formula is C50H80N2O12. The number of rotatable bonds is 11. The predicted octanol–water partition coefficient (Wildman–Crippen LogP) is 6.26. The Balaban J connectivity index is 1.65. The number of carbonyl (C=O) groups excluding carboxylic acids is 1. The van der Waals surface area contributed by atoms with Gasteiger partial charge in [-0.15, -0.1) is 0 Å². The van der Waals surface area contributed by atoms with E-state index in [1.54, 1.807) is 28.1 Å². The highest BCUT2D eigenvalue weighted by molar-refractivity contribution is 5.89. The summed E-state index contributed by atoms with van der Waals surface area (Å²) in [6.45, 7) is 18.7. The van der Waals surface area contributed by atoms with E-state index in [9.17, 15) is 25.2 Å². The van der Waals surface area contributed by atoms with Gasteiger partial charge in [-0.05, 0) is 83.8 Å². The quantitative estimate of drug-likeness (QED) is 0.186. The second-order valence-corrected chi connectivity index (χ2v) is 20.1. The van der Waals surface area contributed by atoms with Crippen LogP contribution in [0.3, 0.4) is 0 Å². The Kier molecular flexibility index (Phi) is 17.6. The molecule has 64 heavy (non-hydrogen) atoms. The normalized spacial score (nSPS) is 42.8. The van der Waals surface area contributed by atoms with Crippen LogP contribution in [0.1, 0.15) is 107 Å². The average Bonchev–Trinajstić information content (AvgIpc) is 3.26. The summed E-state index contributed by atoms with van der Waals surface area (Å²) in [5.74, 6) is -3.40. The molecule has 0 aromatic heterocycles. The van der Waals surface area contributed by atoms with Crippen LogP contribution in [0.2, 0.25) is 0 Å². The fraction of sp³-hybridized carbons (Fsp3) is 0.760. The van der Waals surface area contributed by atoms with Gasteiger partial charge < -0.3 is 58.6 Å². The fourth-order valence-electron chi connectivity index (χ4n) is 10.8. The van der Waals surface area contributed by atoms with E-state index in [1.807, 2.05) is 117 Å². The Morgan fingerprint density at radius 2 is 1.50 bits per heavy atom. The maximum absolute atomic E-state index is 14.8. The molecule has 18 atom stereocenters. The lowest BCUT2D eigenvalue weighted by Gasteiger charge is -2.50. The number of benzene rings is 2. The molecule has 3 aliphatic rings. The van der Waals surface area contributed by atoms with Gasteiger partial charge in [0.15, 0.2) is 12.6 Å². The van der Waals surface area contributed by atoms with E-state index in [0.717, 1.165) is 16.3 Å². The summed E-state index contributed by atoms with van der Waals surface area (Å²) in [6.07, 6.45) is -6.58. The van der Waals surface area contributed by atoms with Crippen LogP contribution >= 0.6 is 0 Å². The first kappa shape index (κ1) is 52.4.